The maximum absolute atomic E-state index is 8.58. The van der Waals surface area contributed by atoms with Crippen molar-refractivity contribution in [1.82, 2.24) is 0 Å². The van der Waals surface area contributed by atoms with Crippen LogP contribution in [0.15, 0.2) is 0 Å². The van der Waals surface area contributed by atoms with Gasteiger partial charge in [-0.15, -0.1) is 0 Å². The molecule has 8 heavy (non-hydrogen) atoms. The molecule has 0 amide bonds. The lowest BCUT2D eigenvalue weighted by Crippen LogP contribution is -2.18. The normalized spacial score (nSPS) is 14.6. The van der Waals surface area contributed by atoms with Gasteiger partial charge in [0.1, 0.15) is 6.23 Å². The van der Waals surface area contributed by atoms with Crippen molar-refractivity contribution in [2.45, 2.75) is 32.9 Å². The zero-order valence-electron chi connectivity index (χ0n) is 5.59. The molecule has 2 heteroatoms. The first-order valence-corrected chi connectivity index (χ1v) is 3.06. The summed E-state index contributed by atoms with van der Waals surface area (Å²) in [5, 5.41) is 8.58. The highest BCUT2D eigenvalue weighted by atomic mass is 16.3. The van der Waals surface area contributed by atoms with Crippen molar-refractivity contribution in [3.05, 3.63) is 0 Å². The standard InChI is InChI=1S/C6H15NO/c1-5(2)3-4-6(7)8/h5-6,8H,3-4,7H2,1-2H3/t6-/m0/s1. The van der Waals surface area contributed by atoms with Crippen molar-refractivity contribution >= 4 is 0 Å². The molecular weight excluding hydrogens is 102 g/mol. The third-order valence-electron chi connectivity index (χ3n) is 1.04. The molecule has 0 bridgehead atoms. The lowest BCUT2D eigenvalue weighted by atomic mass is 10.1. The van der Waals surface area contributed by atoms with Crippen LogP contribution in [-0.4, -0.2) is 11.3 Å². The second kappa shape index (κ2) is 3.87. The van der Waals surface area contributed by atoms with E-state index < -0.39 is 6.23 Å². The summed E-state index contributed by atoms with van der Waals surface area (Å²) in [5.41, 5.74) is 5.10. The van der Waals surface area contributed by atoms with Gasteiger partial charge in [0.2, 0.25) is 0 Å². The van der Waals surface area contributed by atoms with Crippen LogP contribution in [0.3, 0.4) is 0 Å². The quantitative estimate of drug-likeness (QED) is 0.534. The minimum Gasteiger partial charge on any atom is -0.379 e. The highest BCUT2D eigenvalue weighted by Crippen LogP contribution is 2.03. The first-order valence-electron chi connectivity index (χ1n) is 3.06. The van der Waals surface area contributed by atoms with Gasteiger partial charge < -0.3 is 10.8 Å². The van der Waals surface area contributed by atoms with E-state index in [1.54, 1.807) is 0 Å². The van der Waals surface area contributed by atoms with Gasteiger partial charge in [-0.25, -0.2) is 0 Å². The number of hydrogen-bond donors (Lipinski definition) is 2. The van der Waals surface area contributed by atoms with Crippen LogP contribution in [0.2, 0.25) is 0 Å². The van der Waals surface area contributed by atoms with Gasteiger partial charge in [0.15, 0.2) is 0 Å². The van der Waals surface area contributed by atoms with Gasteiger partial charge in [0, 0.05) is 0 Å². The molecule has 0 aromatic rings. The molecule has 3 N–H and O–H groups in total. The van der Waals surface area contributed by atoms with E-state index in [1.807, 2.05) is 0 Å². The van der Waals surface area contributed by atoms with Crippen molar-refractivity contribution in [3.8, 4) is 0 Å². The minimum atomic E-state index is -0.614. The lowest BCUT2D eigenvalue weighted by Gasteiger charge is -2.05. The zero-order chi connectivity index (χ0) is 6.57. The average Bonchev–Trinajstić information content (AvgIpc) is 1.61. The Balaban J connectivity index is 2.93. The largest absolute Gasteiger partial charge is 0.379 e. The summed E-state index contributed by atoms with van der Waals surface area (Å²) >= 11 is 0. The summed E-state index contributed by atoms with van der Waals surface area (Å²) < 4.78 is 0. The first kappa shape index (κ1) is 7.92. The summed E-state index contributed by atoms with van der Waals surface area (Å²) in [4.78, 5) is 0. The van der Waals surface area contributed by atoms with Crippen LogP contribution < -0.4 is 5.73 Å². The molecule has 0 aliphatic heterocycles. The summed E-state index contributed by atoms with van der Waals surface area (Å²) in [6.07, 6.45) is 1.12. The Bertz CT molecular complexity index is 44.5. The zero-order valence-corrected chi connectivity index (χ0v) is 5.59. The van der Waals surface area contributed by atoms with Gasteiger partial charge in [-0.1, -0.05) is 13.8 Å². The molecule has 2 nitrogen and oxygen atoms in total. The maximum atomic E-state index is 8.58. The van der Waals surface area contributed by atoms with Crippen molar-refractivity contribution in [3.63, 3.8) is 0 Å². The van der Waals surface area contributed by atoms with Gasteiger partial charge in [-0.05, 0) is 18.8 Å². The fourth-order valence-electron chi connectivity index (χ4n) is 0.504. The first-order chi connectivity index (χ1) is 3.63. The van der Waals surface area contributed by atoms with E-state index in [0.717, 1.165) is 12.8 Å². The van der Waals surface area contributed by atoms with E-state index >= 15 is 0 Å². The SMILES string of the molecule is CC(C)CC[C@@H](N)O. The predicted octanol–water partition coefficient (Wildman–Crippen LogP) is 0.700. The van der Waals surface area contributed by atoms with Crippen LogP contribution in [0.1, 0.15) is 26.7 Å². The molecule has 0 spiro atoms. The van der Waals surface area contributed by atoms with Gasteiger partial charge >= 0.3 is 0 Å². The van der Waals surface area contributed by atoms with E-state index in [2.05, 4.69) is 13.8 Å². The minimum absolute atomic E-state index is 0.614. The van der Waals surface area contributed by atoms with Gasteiger partial charge in [-0.3, -0.25) is 0 Å². The highest BCUT2D eigenvalue weighted by Gasteiger charge is 1.97. The molecule has 0 heterocycles. The topological polar surface area (TPSA) is 46.2 Å². The van der Waals surface area contributed by atoms with E-state index in [0.29, 0.717) is 5.92 Å². The second-order valence-corrected chi connectivity index (χ2v) is 2.54. The third-order valence-corrected chi connectivity index (χ3v) is 1.04. The number of nitrogens with two attached hydrogens (primary N) is 1. The number of rotatable bonds is 3. The lowest BCUT2D eigenvalue weighted by molar-refractivity contribution is 0.164. The predicted molar refractivity (Wildman–Crippen MR) is 34.3 cm³/mol. The van der Waals surface area contributed by atoms with Crippen molar-refractivity contribution in [2.75, 3.05) is 0 Å². The van der Waals surface area contributed by atoms with E-state index in [9.17, 15) is 0 Å². The third kappa shape index (κ3) is 5.92. The van der Waals surface area contributed by atoms with Crippen molar-refractivity contribution in [1.29, 1.82) is 0 Å². The van der Waals surface area contributed by atoms with Crippen LogP contribution in [0, 0.1) is 5.92 Å². The Morgan fingerprint density at radius 3 is 2.00 bits per heavy atom. The van der Waals surface area contributed by atoms with Gasteiger partial charge in [-0.2, -0.15) is 0 Å². The molecule has 0 fully saturated rings. The molecule has 0 aromatic heterocycles. The van der Waals surface area contributed by atoms with Crippen LogP contribution in [-0.2, 0) is 0 Å². The summed E-state index contributed by atoms with van der Waals surface area (Å²) in [7, 11) is 0. The second-order valence-electron chi connectivity index (χ2n) is 2.54. The Labute approximate surface area is 50.7 Å². The number of aliphatic hydroxyl groups is 1. The summed E-state index contributed by atoms with van der Waals surface area (Å²) in [6.45, 7) is 4.23. The van der Waals surface area contributed by atoms with Crippen LogP contribution in [0.5, 0.6) is 0 Å². The number of hydrogen-bond acceptors (Lipinski definition) is 2. The van der Waals surface area contributed by atoms with Crippen LogP contribution >= 0.6 is 0 Å². The van der Waals surface area contributed by atoms with Crippen LogP contribution in [0.25, 0.3) is 0 Å². The molecule has 0 aromatic carbocycles. The Morgan fingerprint density at radius 2 is 1.88 bits per heavy atom. The molecule has 0 saturated heterocycles. The molecule has 0 aliphatic carbocycles. The number of aliphatic hydroxyl groups excluding tert-OH is 1. The maximum Gasteiger partial charge on any atom is 0.102 e. The van der Waals surface area contributed by atoms with Crippen molar-refractivity contribution in [2.24, 2.45) is 11.7 Å². The van der Waals surface area contributed by atoms with Crippen molar-refractivity contribution < 1.29 is 5.11 Å². The Morgan fingerprint density at radius 1 is 1.38 bits per heavy atom. The van der Waals surface area contributed by atoms with E-state index in [1.165, 1.54) is 0 Å². The molecule has 0 aliphatic rings. The average molecular weight is 117 g/mol. The Kier molecular flexibility index (Phi) is 3.83. The summed E-state index contributed by atoms with van der Waals surface area (Å²) in [5.74, 6) is 0.646. The molecule has 0 radical (unpaired) electrons. The van der Waals surface area contributed by atoms with Gasteiger partial charge in [0.05, 0.1) is 0 Å². The van der Waals surface area contributed by atoms with Crippen LogP contribution in [0.4, 0.5) is 0 Å². The highest BCUT2D eigenvalue weighted by molar-refractivity contribution is 4.48. The molecule has 50 valence electrons. The van der Waals surface area contributed by atoms with Gasteiger partial charge in [0.25, 0.3) is 0 Å². The molecule has 0 saturated carbocycles. The molecular formula is C6H15NO. The fraction of sp³-hybridized carbons (Fsp3) is 1.00. The molecule has 1 atom stereocenters. The molecule has 0 rings (SSSR count). The van der Waals surface area contributed by atoms with E-state index in [-0.39, 0.29) is 0 Å². The smallest absolute Gasteiger partial charge is 0.102 e. The van der Waals surface area contributed by atoms with E-state index in [4.69, 9.17) is 10.8 Å². The Hall–Kier alpha value is -0.0800. The fourth-order valence-corrected chi connectivity index (χ4v) is 0.504. The summed E-state index contributed by atoms with van der Waals surface area (Å²) in [6, 6.07) is 0. The monoisotopic (exact) mass is 117 g/mol. The molecule has 0 unspecified atom stereocenters.